The average Bonchev–Trinajstić information content (AvgIpc) is 3.20. The van der Waals surface area contributed by atoms with E-state index >= 15 is 0 Å². The fourth-order valence-corrected chi connectivity index (χ4v) is 6.13. The molecule has 1 aromatic carbocycles. The molecule has 27 heavy (non-hydrogen) atoms. The highest BCUT2D eigenvalue weighted by molar-refractivity contribution is 7.91. The minimum Gasteiger partial charge on any atom is -0.338 e. The summed E-state index contributed by atoms with van der Waals surface area (Å²) in [5.74, 6) is 0. The first-order valence-corrected chi connectivity index (χ1v) is 11.5. The average molecular weight is 428 g/mol. The van der Waals surface area contributed by atoms with Crippen LogP contribution in [0.2, 0.25) is 5.02 Å². The van der Waals surface area contributed by atoms with Gasteiger partial charge in [-0.3, -0.25) is 0 Å². The van der Waals surface area contributed by atoms with Crippen LogP contribution in [0.15, 0.2) is 46.0 Å². The van der Waals surface area contributed by atoms with E-state index in [1.165, 1.54) is 11.3 Å². The third-order valence-corrected chi connectivity index (χ3v) is 8.07. The highest BCUT2D eigenvalue weighted by Gasteiger charge is 2.33. The standard InChI is InChI=1S/C18H22ClN3O3S2/c19-14-6-8-15(9-7-14)21-18(23)20-11-10-16-4-1-2-12-22(16)27(24,25)17-5-3-13-26-17/h3,5-9,13,16H,1-2,4,10-12H2,(H2,20,21,23)/t16-/m1/s1. The molecule has 0 bridgehead atoms. The van der Waals surface area contributed by atoms with Gasteiger partial charge in [-0.25, -0.2) is 13.2 Å². The van der Waals surface area contributed by atoms with Crippen LogP contribution in [0.4, 0.5) is 10.5 Å². The number of rotatable bonds is 6. The Labute approximate surface area is 168 Å². The van der Waals surface area contributed by atoms with E-state index in [9.17, 15) is 13.2 Å². The molecule has 0 spiro atoms. The second-order valence-corrected chi connectivity index (χ2v) is 9.88. The summed E-state index contributed by atoms with van der Waals surface area (Å²) in [6, 6.07) is 9.82. The Morgan fingerprint density at radius 3 is 2.70 bits per heavy atom. The van der Waals surface area contributed by atoms with Crippen LogP contribution < -0.4 is 10.6 Å². The lowest BCUT2D eigenvalue weighted by Gasteiger charge is -2.34. The molecule has 6 nitrogen and oxygen atoms in total. The van der Waals surface area contributed by atoms with Crippen molar-refractivity contribution in [3.05, 3.63) is 46.8 Å². The van der Waals surface area contributed by atoms with Gasteiger partial charge in [0, 0.05) is 29.8 Å². The number of nitrogens with zero attached hydrogens (tertiary/aromatic N) is 1. The van der Waals surface area contributed by atoms with Crippen LogP contribution in [0.5, 0.6) is 0 Å². The Morgan fingerprint density at radius 2 is 2.00 bits per heavy atom. The van der Waals surface area contributed by atoms with Crippen molar-refractivity contribution < 1.29 is 13.2 Å². The van der Waals surface area contributed by atoms with Gasteiger partial charge in [0.25, 0.3) is 10.0 Å². The summed E-state index contributed by atoms with van der Waals surface area (Å²) in [5.41, 5.74) is 0.650. The molecule has 146 valence electrons. The zero-order valence-electron chi connectivity index (χ0n) is 14.7. The number of carbonyl (C=O) groups excluding carboxylic acids is 1. The first-order valence-electron chi connectivity index (χ1n) is 8.82. The summed E-state index contributed by atoms with van der Waals surface area (Å²) in [4.78, 5) is 12.0. The van der Waals surface area contributed by atoms with Crippen molar-refractivity contribution in [1.29, 1.82) is 0 Å². The third-order valence-electron chi connectivity index (χ3n) is 4.50. The Bertz CT molecular complexity index is 854. The van der Waals surface area contributed by atoms with Gasteiger partial charge in [-0.2, -0.15) is 4.31 Å². The molecule has 2 amide bonds. The molecule has 0 unspecified atom stereocenters. The fourth-order valence-electron chi connectivity index (χ4n) is 3.17. The van der Waals surface area contributed by atoms with Crippen LogP contribution in [-0.2, 0) is 10.0 Å². The SMILES string of the molecule is O=C(NCC[C@H]1CCCCN1S(=O)(=O)c1cccs1)Nc1ccc(Cl)cc1. The normalized spacial score (nSPS) is 18.2. The van der Waals surface area contributed by atoms with Gasteiger partial charge in [0.05, 0.1) is 0 Å². The largest absolute Gasteiger partial charge is 0.338 e. The van der Waals surface area contributed by atoms with Crippen LogP contribution >= 0.6 is 22.9 Å². The molecule has 0 saturated carbocycles. The smallest absolute Gasteiger partial charge is 0.319 e. The fraction of sp³-hybridized carbons (Fsp3) is 0.389. The summed E-state index contributed by atoms with van der Waals surface area (Å²) in [6.45, 7) is 0.933. The summed E-state index contributed by atoms with van der Waals surface area (Å²) < 4.78 is 27.7. The summed E-state index contributed by atoms with van der Waals surface area (Å²) in [5, 5.41) is 7.90. The van der Waals surface area contributed by atoms with E-state index in [1.54, 1.807) is 46.1 Å². The van der Waals surface area contributed by atoms with E-state index in [-0.39, 0.29) is 12.1 Å². The van der Waals surface area contributed by atoms with Crippen LogP contribution in [0, 0.1) is 0 Å². The minimum absolute atomic E-state index is 0.0957. The van der Waals surface area contributed by atoms with Gasteiger partial charge in [-0.1, -0.05) is 24.1 Å². The number of anilines is 1. The zero-order valence-corrected chi connectivity index (χ0v) is 17.1. The van der Waals surface area contributed by atoms with Gasteiger partial charge >= 0.3 is 6.03 Å². The number of thiophene rings is 1. The van der Waals surface area contributed by atoms with Crippen molar-refractivity contribution >= 4 is 44.7 Å². The first kappa shape index (κ1) is 20.1. The lowest BCUT2D eigenvalue weighted by atomic mass is 10.0. The highest BCUT2D eigenvalue weighted by atomic mass is 35.5. The molecule has 9 heteroatoms. The monoisotopic (exact) mass is 427 g/mol. The Balaban J connectivity index is 1.54. The lowest BCUT2D eigenvalue weighted by Crippen LogP contribution is -2.45. The van der Waals surface area contributed by atoms with Crippen LogP contribution in [0.25, 0.3) is 0 Å². The second kappa shape index (κ2) is 9.05. The summed E-state index contributed by atoms with van der Waals surface area (Å²) in [7, 11) is -3.46. The molecule has 1 aromatic heterocycles. The number of benzene rings is 1. The van der Waals surface area contributed by atoms with Gasteiger partial charge < -0.3 is 10.6 Å². The third kappa shape index (κ3) is 5.22. The number of piperidine rings is 1. The summed E-state index contributed by atoms with van der Waals surface area (Å²) in [6.07, 6.45) is 3.26. The molecule has 1 atom stereocenters. The molecule has 3 rings (SSSR count). The van der Waals surface area contributed by atoms with Crippen molar-refractivity contribution in [2.75, 3.05) is 18.4 Å². The Kier molecular flexibility index (Phi) is 6.75. The van der Waals surface area contributed by atoms with E-state index in [0.29, 0.717) is 34.4 Å². The van der Waals surface area contributed by atoms with Crippen molar-refractivity contribution in [2.24, 2.45) is 0 Å². The molecule has 2 heterocycles. The lowest BCUT2D eigenvalue weighted by molar-refractivity contribution is 0.234. The van der Waals surface area contributed by atoms with Gasteiger partial charge in [0.2, 0.25) is 0 Å². The predicted octanol–water partition coefficient (Wildman–Crippen LogP) is 4.16. The number of nitrogens with one attached hydrogen (secondary N) is 2. The van der Waals surface area contributed by atoms with Crippen LogP contribution in [-0.4, -0.2) is 37.9 Å². The number of carbonyl (C=O) groups is 1. The van der Waals surface area contributed by atoms with Crippen molar-refractivity contribution in [1.82, 2.24) is 9.62 Å². The number of hydrogen-bond donors (Lipinski definition) is 2. The van der Waals surface area contributed by atoms with E-state index < -0.39 is 10.0 Å². The number of amides is 2. The molecule has 0 aliphatic carbocycles. The van der Waals surface area contributed by atoms with Crippen LogP contribution in [0.1, 0.15) is 25.7 Å². The van der Waals surface area contributed by atoms with Crippen molar-refractivity contribution in [2.45, 2.75) is 35.9 Å². The van der Waals surface area contributed by atoms with Gasteiger partial charge in [-0.05, 0) is 55.0 Å². The minimum atomic E-state index is -3.46. The maximum atomic E-state index is 12.9. The molecule has 2 aromatic rings. The molecule has 1 aliphatic rings. The molecule has 1 saturated heterocycles. The maximum absolute atomic E-state index is 12.9. The Hall–Kier alpha value is -1.61. The van der Waals surface area contributed by atoms with E-state index in [1.807, 2.05) is 0 Å². The quantitative estimate of drug-likeness (QED) is 0.726. The number of urea groups is 1. The molecule has 1 aliphatic heterocycles. The number of sulfonamides is 1. The van der Waals surface area contributed by atoms with E-state index in [4.69, 9.17) is 11.6 Å². The van der Waals surface area contributed by atoms with Gasteiger partial charge in [0.15, 0.2) is 0 Å². The van der Waals surface area contributed by atoms with Gasteiger partial charge in [-0.15, -0.1) is 11.3 Å². The van der Waals surface area contributed by atoms with Crippen molar-refractivity contribution in [3.63, 3.8) is 0 Å². The van der Waals surface area contributed by atoms with E-state index in [0.717, 1.165) is 19.3 Å². The Morgan fingerprint density at radius 1 is 1.22 bits per heavy atom. The second-order valence-electron chi connectivity index (χ2n) is 6.37. The zero-order chi connectivity index (χ0) is 19.3. The first-order chi connectivity index (χ1) is 13.0. The van der Waals surface area contributed by atoms with Crippen molar-refractivity contribution in [3.8, 4) is 0 Å². The predicted molar refractivity (Wildman–Crippen MR) is 109 cm³/mol. The summed E-state index contributed by atoms with van der Waals surface area (Å²) >= 11 is 7.06. The topological polar surface area (TPSA) is 78.5 Å². The molecule has 0 radical (unpaired) electrons. The number of hydrogen-bond acceptors (Lipinski definition) is 4. The van der Waals surface area contributed by atoms with Crippen LogP contribution in [0.3, 0.4) is 0 Å². The van der Waals surface area contributed by atoms with Gasteiger partial charge in [0.1, 0.15) is 4.21 Å². The number of halogens is 1. The molecule has 1 fully saturated rings. The molecular formula is C18H22ClN3O3S2. The van der Waals surface area contributed by atoms with E-state index in [2.05, 4.69) is 10.6 Å². The maximum Gasteiger partial charge on any atom is 0.319 e. The molecule has 2 N–H and O–H groups in total. The molecular weight excluding hydrogens is 406 g/mol. The highest BCUT2D eigenvalue weighted by Crippen LogP contribution is 2.29.